The average molecular weight is 354 g/mol. The van der Waals surface area contributed by atoms with E-state index in [1.807, 2.05) is 24.3 Å². The highest BCUT2D eigenvalue weighted by molar-refractivity contribution is 6.31. The van der Waals surface area contributed by atoms with Gasteiger partial charge in [-0.1, -0.05) is 29.8 Å². The van der Waals surface area contributed by atoms with E-state index in [1.54, 1.807) is 25.3 Å². The minimum absolute atomic E-state index is 0.0171. The summed E-state index contributed by atoms with van der Waals surface area (Å²) < 4.78 is 5.43. The van der Waals surface area contributed by atoms with Gasteiger partial charge in [-0.3, -0.25) is 9.59 Å². The summed E-state index contributed by atoms with van der Waals surface area (Å²) in [7, 11) is 1.62. The minimum atomic E-state index is -0.241. The number of carbonyl (C=O) groups is 1. The first-order valence-corrected chi connectivity index (χ1v) is 8.47. The Morgan fingerprint density at radius 3 is 2.72 bits per heavy atom. The molecule has 126 valence electrons. The molecule has 1 heterocycles. The van der Waals surface area contributed by atoms with E-state index in [9.17, 15) is 9.59 Å². The normalized spacial score (nSPS) is 16.7. The predicted octanol–water partition coefficient (Wildman–Crippen LogP) is 4.10. The summed E-state index contributed by atoms with van der Waals surface area (Å²) in [6.45, 7) is 0. The Bertz CT molecular complexity index is 1050. The Kier molecular flexibility index (Phi) is 3.85. The zero-order valence-electron chi connectivity index (χ0n) is 13.6. The lowest BCUT2D eigenvalue weighted by Gasteiger charge is -2.25. The van der Waals surface area contributed by atoms with Gasteiger partial charge in [-0.25, -0.2) is 0 Å². The molecule has 0 spiro atoms. The van der Waals surface area contributed by atoms with Crippen molar-refractivity contribution in [3.05, 3.63) is 74.5 Å². The van der Waals surface area contributed by atoms with Crippen LogP contribution in [-0.2, 0) is 6.42 Å². The summed E-state index contributed by atoms with van der Waals surface area (Å²) >= 11 is 6.00. The number of pyridine rings is 1. The van der Waals surface area contributed by atoms with Gasteiger partial charge in [-0.2, -0.15) is 0 Å². The summed E-state index contributed by atoms with van der Waals surface area (Å²) in [6.07, 6.45) is 0.887. The molecule has 3 aromatic rings. The zero-order valence-corrected chi connectivity index (χ0v) is 14.4. The maximum absolute atomic E-state index is 12.8. The molecule has 0 radical (unpaired) electrons. The van der Waals surface area contributed by atoms with E-state index in [4.69, 9.17) is 16.3 Å². The van der Waals surface area contributed by atoms with Crippen molar-refractivity contribution >= 4 is 28.3 Å². The number of rotatable bonds is 2. The van der Waals surface area contributed by atoms with Crippen LogP contribution in [0.15, 0.2) is 47.3 Å². The number of benzene rings is 2. The summed E-state index contributed by atoms with van der Waals surface area (Å²) in [5.41, 5.74) is 2.39. The van der Waals surface area contributed by atoms with Crippen LogP contribution >= 0.6 is 11.6 Å². The molecule has 1 unspecified atom stereocenters. The second-order valence-corrected chi connectivity index (χ2v) is 6.70. The van der Waals surface area contributed by atoms with Gasteiger partial charge in [0.2, 0.25) is 5.43 Å². The lowest BCUT2D eigenvalue weighted by Crippen LogP contribution is -2.27. The Morgan fingerprint density at radius 2 is 1.92 bits per heavy atom. The van der Waals surface area contributed by atoms with Crippen LogP contribution in [0.2, 0.25) is 5.02 Å². The molecule has 0 aliphatic heterocycles. The van der Waals surface area contributed by atoms with E-state index in [-0.39, 0.29) is 22.7 Å². The van der Waals surface area contributed by atoms with Gasteiger partial charge in [0.05, 0.1) is 12.7 Å². The standard InChI is InChI=1S/C20H16ClNO3/c1-25-18-5-3-2-4-13(18)11-8-16-19(17(23)9-11)20(24)14-10-12(21)6-7-15(14)22-16/h2-7,10-11H,8-9H2,1H3,(H,22,24). The average Bonchev–Trinajstić information content (AvgIpc) is 2.62. The van der Waals surface area contributed by atoms with Gasteiger partial charge < -0.3 is 9.72 Å². The molecule has 0 bridgehead atoms. The first kappa shape index (κ1) is 15.9. The number of para-hydroxylation sites is 1. The van der Waals surface area contributed by atoms with Crippen LogP contribution in [0.3, 0.4) is 0 Å². The molecular weight excluding hydrogens is 338 g/mol. The van der Waals surface area contributed by atoms with Crippen LogP contribution in [0.5, 0.6) is 5.75 Å². The predicted molar refractivity (Wildman–Crippen MR) is 98.0 cm³/mol. The molecular formula is C20H16ClNO3. The van der Waals surface area contributed by atoms with Crippen molar-refractivity contribution in [1.29, 1.82) is 0 Å². The first-order valence-electron chi connectivity index (χ1n) is 8.09. The van der Waals surface area contributed by atoms with Crippen molar-refractivity contribution in [2.45, 2.75) is 18.8 Å². The third-order valence-electron chi connectivity index (χ3n) is 4.78. The van der Waals surface area contributed by atoms with Crippen molar-refractivity contribution in [3.8, 4) is 5.75 Å². The smallest absolute Gasteiger partial charge is 0.200 e. The van der Waals surface area contributed by atoms with Gasteiger partial charge in [0, 0.05) is 34.0 Å². The molecule has 1 N–H and O–H groups in total. The molecule has 4 nitrogen and oxygen atoms in total. The van der Waals surface area contributed by atoms with Crippen LogP contribution in [0.4, 0.5) is 0 Å². The summed E-state index contributed by atoms with van der Waals surface area (Å²) in [5, 5.41) is 0.934. The number of aromatic nitrogens is 1. The summed E-state index contributed by atoms with van der Waals surface area (Å²) in [5.74, 6) is 0.607. The van der Waals surface area contributed by atoms with Crippen molar-refractivity contribution in [1.82, 2.24) is 4.98 Å². The van der Waals surface area contributed by atoms with E-state index >= 15 is 0 Å². The highest BCUT2D eigenvalue weighted by Crippen LogP contribution is 2.36. The van der Waals surface area contributed by atoms with Gasteiger partial charge in [-0.15, -0.1) is 0 Å². The number of nitrogens with one attached hydrogen (secondary N) is 1. The molecule has 2 aromatic carbocycles. The Hall–Kier alpha value is -2.59. The van der Waals surface area contributed by atoms with E-state index < -0.39 is 0 Å². The van der Waals surface area contributed by atoms with Crippen LogP contribution in [0.1, 0.15) is 34.0 Å². The number of Topliss-reactive ketones (excluding diaryl/α,β-unsaturated/α-hetero) is 1. The maximum atomic E-state index is 12.8. The second kappa shape index (κ2) is 6.05. The number of methoxy groups -OCH3 is 1. The fourth-order valence-corrected chi connectivity index (χ4v) is 3.80. The molecule has 5 heteroatoms. The van der Waals surface area contributed by atoms with Gasteiger partial charge in [0.1, 0.15) is 5.75 Å². The van der Waals surface area contributed by atoms with Gasteiger partial charge in [-0.05, 0) is 36.2 Å². The highest BCUT2D eigenvalue weighted by atomic mass is 35.5. The number of halogens is 1. The van der Waals surface area contributed by atoms with Gasteiger partial charge in [0.15, 0.2) is 5.78 Å². The Labute approximate surface area is 149 Å². The quantitative estimate of drug-likeness (QED) is 0.754. The monoisotopic (exact) mass is 353 g/mol. The molecule has 0 saturated heterocycles. The lowest BCUT2D eigenvalue weighted by atomic mass is 9.81. The summed E-state index contributed by atoms with van der Waals surface area (Å²) in [6, 6.07) is 12.8. The molecule has 1 atom stereocenters. The van der Waals surface area contributed by atoms with E-state index in [2.05, 4.69) is 4.98 Å². The largest absolute Gasteiger partial charge is 0.496 e. The van der Waals surface area contributed by atoms with Crippen LogP contribution < -0.4 is 10.2 Å². The molecule has 1 aliphatic carbocycles. The van der Waals surface area contributed by atoms with Crippen LogP contribution in [0, 0.1) is 0 Å². The topological polar surface area (TPSA) is 59.2 Å². The molecule has 0 amide bonds. The minimum Gasteiger partial charge on any atom is -0.496 e. The molecule has 1 aliphatic rings. The number of aromatic amines is 1. The number of hydrogen-bond donors (Lipinski definition) is 1. The highest BCUT2D eigenvalue weighted by Gasteiger charge is 2.31. The number of fused-ring (bicyclic) bond motifs is 2. The van der Waals surface area contributed by atoms with E-state index in [0.29, 0.717) is 34.5 Å². The fourth-order valence-electron chi connectivity index (χ4n) is 3.63. The molecule has 4 rings (SSSR count). The van der Waals surface area contributed by atoms with Crippen molar-refractivity contribution in [3.63, 3.8) is 0 Å². The first-order chi connectivity index (χ1) is 12.1. The summed E-state index contributed by atoms with van der Waals surface area (Å²) in [4.78, 5) is 28.8. The SMILES string of the molecule is COc1ccccc1C1CC(=O)c2c([nH]c3ccc(Cl)cc3c2=O)C1. The van der Waals surface area contributed by atoms with Crippen LogP contribution in [0.25, 0.3) is 10.9 Å². The zero-order chi connectivity index (χ0) is 17.6. The number of ketones is 1. The third-order valence-corrected chi connectivity index (χ3v) is 5.02. The third kappa shape index (κ3) is 2.63. The van der Waals surface area contributed by atoms with Crippen molar-refractivity contribution in [2.75, 3.05) is 7.11 Å². The molecule has 0 saturated carbocycles. The van der Waals surface area contributed by atoms with Gasteiger partial charge in [0.25, 0.3) is 0 Å². The van der Waals surface area contributed by atoms with E-state index in [1.165, 1.54) is 0 Å². The molecule has 25 heavy (non-hydrogen) atoms. The van der Waals surface area contributed by atoms with Crippen molar-refractivity contribution < 1.29 is 9.53 Å². The van der Waals surface area contributed by atoms with E-state index in [0.717, 1.165) is 11.3 Å². The number of H-pyrrole nitrogens is 1. The van der Waals surface area contributed by atoms with Crippen molar-refractivity contribution in [2.24, 2.45) is 0 Å². The number of hydrogen-bond acceptors (Lipinski definition) is 3. The Balaban J connectivity index is 1.86. The molecule has 1 aromatic heterocycles. The fraction of sp³-hybridized carbons (Fsp3) is 0.200. The second-order valence-electron chi connectivity index (χ2n) is 6.27. The number of carbonyl (C=O) groups excluding carboxylic acids is 1. The number of ether oxygens (including phenoxy) is 1. The molecule has 0 fully saturated rings. The van der Waals surface area contributed by atoms with Gasteiger partial charge >= 0.3 is 0 Å². The lowest BCUT2D eigenvalue weighted by molar-refractivity contribution is 0.0962. The Morgan fingerprint density at radius 1 is 1.12 bits per heavy atom. The maximum Gasteiger partial charge on any atom is 0.200 e. The van der Waals surface area contributed by atoms with Crippen LogP contribution in [-0.4, -0.2) is 17.9 Å².